The molecule has 136 valence electrons. The highest BCUT2D eigenvalue weighted by Crippen LogP contribution is 2.48. The molecule has 3 nitrogen and oxygen atoms in total. The zero-order chi connectivity index (χ0) is 18.3. The fourth-order valence-corrected chi connectivity index (χ4v) is 4.80. The Hall–Kier alpha value is -1.55. The van der Waals surface area contributed by atoms with E-state index in [1.807, 2.05) is 18.2 Å². The van der Waals surface area contributed by atoms with Crippen molar-refractivity contribution in [2.24, 2.45) is 16.6 Å². The first-order valence-corrected chi connectivity index (χ1v) is 9.93. The SMILES string of the molecule is CC(NCc1cccc(Cl)c1)c1cc2c(cc1Cl)C1CCCC1C(N)=N2. The van der Waals surface area contributed by atoms with E-state index in [1.165, 1.54) is 18.4 Å². The predicted octanol–water partition coefficient (Wildman–Crippen LogP) is 5.73. The van der Waals surface area contributed by atoms with Crippen molar-refractivity contribution >= 4 is 34.7 Å². The molecule has 2 aromatic carbocycles. The number of halogens is 2. The number of benzene rings is 2. The number of nitrogens with two attached hydrogens (primary N) is 1. The Morgan fingerprint density at radius 1 is 1.19 bits per heavy atom. The molecule has 1 heterocycles. The van der Waals surface area contributed by atoms with Crippen molar-refractivity contribution in [2.75, 3.05) is 0 Å². The van der Waals surface area contributed by atoms with Crippen LogP contribution in [-0.4, -0.2) is 5.84 Å². The summed E-state index contributed by atoms with van der Waals surface area (Å²) in [5.74, 6) is 1.65. The highest BCUT2D eigenvalue weighted by atomic mass is 35.5. The van der Waals surface area contributed by atoms with E-state index in [4.69, 9.17) is 33.9 Å². The maximum absolute atomic E-state index is 6.65. The van der Waals surface area contributed by atoms with Gasteiger partial charge in [-0.3, -0.25) is 0 Å². The maximum Gasteiger partial charge on any atom is 0.103 e. The Balaban J connectivity index is 1.57. The van der Waals surface area contributed by atoms with Crippen molar-refractivity contribution < 1.29 is 0 Å². The van der Waals surface area contributed by atoms with Crippen LogP contribution in [-0.2, 0) is 6.54 Å². The van der Waals surface area contributed by atoms with Gasteiger partial charge in [-0.1, -0.05) is 41.8 Å². The molecule has 4 rings (SSSR count). The van der Waals surface area contributed by atoms with Crippen molar-refractivity contribution in [3.05, 3.63) is 63.1 Å². The van der Waals surface area contributed by atoms with Crippen molar-refractivity contribution in [3.63, 3.8) is 0 Å². The van der Waals surface area contributed by atoms with E-state index >= 15 is 0 Å². The van der Waals surface area contributed by atoms with Crippen molar-refractivity contribution in [2.45, 2.75) is 44.7 Å². The molecule has 1 aliphatic heterocycles. The average molecular weight is 388 g/mol. The van der Waals surface area contributed by atoms with Crippen LogP contribution in [0.1, 0.15) is 54.8 Å². The van der Waals surface area contributed by atoms with Crippen LogP contribution in [0.4, 0.5) is 5.69 Å². The lowest BCUT2D eigenvalue weighted by Gasteiger charge is -2.28. The molecule has 5 heteroatoms. The molecule has 3 unspecified atom stereocenters. The molecule has 0 radical (unpaired) electrons. The number of hydrogen-bond donors (Lipinski definition) is 2. The summed E-state index contributed by atoms with van der Waals surface area (Å²) in [4.78, 5) is 4.69. The molecule has 3 atom stereocenters. The van der Waals surface area contributed by atoms with Crippen LogP contribution < -0.4 is 11.1 Å². The van der Waals surface area contributed by atoms with E-state index in [1.54, 1.807) is 0 Å². The number of hydrogen-bond acceptors (Lipinski definition) is 3. The van der Waals surface area contributed by atoms with Gasteiger partial charge in [0.05, 0.1) is 5.69 Å². The molecule has 0 spiro atoms. The molecule has 1 saturated carbocycles. The summed E-state index contributed by atoms with van der Waals surface area (Å²) in [6, 6.07) is 12.2. The van der Waals surface area contributed by atoms with E-state index in [9.17, 15) is 0 Å². The van der Waals surface area contributed by atoms with E-state index in [2.05, 4.69) is 30.4 Å². The normalized spacial score (nSPS) is 22.5. The lowest BCUT2D eigenvalue weighted by Crippen LogP contribution is -2.28. The topological polar surface area (TPSA) is 50.4 Å². The summed E-state index contributed by atoms with van der Waals surface area (Å²) in [6.45, 7) is 2.84. The van der Waals surface area contributed by atoms with Crippen LogP contribution in [0.3, 0.4) is 0 Å². The standard InChI is InChI=1S/C21H23Cl2N3/c1-12(25-11-13-4-2-5-14(22)8-13)17-10-20-18(9-19(17)23)15-6-3-7-16(15)21(24)26-20/h2,4-5,8-10,12,15-16,25H,3,6-7,11H2,1H3,(H2,24,26). The fraction of sp³-hybridized carbons (Fsp3) is 0.381. The van der Waals surface area contributed by atoms with Crippen LogP contribution in [0.2, 0.25) is 10.0 Å². The largest absolute Gasteiger partial charge is 0.387 e. The Morgan fingerprint density at radius 2 is 2.00 bits per heavy atom. The van der Waals surface area contributed by atoms with E-state index in [-0.39, 0.29) is 6.04 Å². The molecule has 1 fully saturated rings. The molecule has 0 aromatic heterocycles. The van der Waals surface area contributed by atoms with Gasteiger partial charge in [0.2, 0.25) is 0 Å². The first-order chi connectivity index (χ1) is 12.5. The van der Waals surface area contributed by atoms with Gasteiger partial charge in [-0.2, -0.15) is 0 Å². The molecule has 2 aromatic rings. The van der Waals surface area contributed by atoms with Crippen molar-refractivity contribution in [1.82, 2.24) is 5.32 Å². The van der Waals surface area contributed by atoms with Crippen LogP contribution in [0.5, 0.6) is 0 Å². The van der Waals surface area contributed by atoms with Gasteiger partial charge in [0.1, 0.15) is 5.84 Å². The first kappa shape index (κ1) is 17.8. The third-order valence-corrected chi connectivity index (χ3v) is 6.22. The quantitative estimate of drug-likeness (QED) is 0.703. The molecule has 0 saturated heterocycles. The summed E-state index contributed by atoms with van der Waals surface area (Å²) >= 11 is 12.7. The highest BCUT2D eigenvalue weighted by molar-refractivity contribution is 6.31. The minimum Gasteiger partial charge on any atom is -0.387 e. The molecular formula is C21H23Cl2N3. The fourth-order valence-electron chi connectivity index (χ4n) is 4.26. The highest BCUT2D eigenvalue weighted by Gasteiger charge is 2.36. The number of amidine groups is 1. The van der Waals surface area contributed by atoms with E-state index in [0.29, 0.717) is 11.8 Å². The minimum atomic E-state index is 0.101. The van der Waals surface area contributed by atoms with Gasteiger partial charge in [0, 0.05) is 28.5 Å². The summed E-state index contributed by atoms with van der Waals surface area (Å²) in [7, 11) is 0. The molecule has 1 aliphatic carbocycles. The second-order valence-electron chi connectivity index (χ2n) is 7.35. The smallest absolute Gasteiger partial charge is 0.103 e. The lowest BCUT2D eigenvalue weighted by molar-refractivity contribution is 0.572. The Morgan fingerprint density at radius 3 is 2.81 bits per heavy atom. The zero-order valence-electron chi connectivity index (χ0n) is 14.8. The van der Waals surface area contributed by atoms with Gasteiger partial charge in [0.15, 0.2) is 0 Å². The number of aliphatic imine (C=N–C) groups is 1. The third-order valence-electron chi connectivity index (χ3n) is 5.66. The minimum absolute atomic E-state index is 0.101. The molecular weight excluding hydrogens is 365 g/mol. The molecule has 0 amide bonds. The second-order valence-corrected chi connectivity index (χ2v) is 8.19. The summed E-state index contributed by atoms with van der Waals surface area (Å²) in [6.07, 6.45) is 3.52. The zero-order valence-corrected chi connectivity index (χ0v) is 16.3. The number of rotatable bonds is 4. The van der Waals surface area contributed by atoms with Crippen molar-refractivity contribution in [3.8, 4) is 0 Å². The maximum atomic E-state index is 6.65. The Kier molecular flexibility index (Phi) is 4.96. The predicted molar refractivity (Wildman–Crippen MR) is 110 cm³/mol. The van der Waals surface area contributed by atoms with Gasteiger partial charge in [-0.05, 0) is 66.6 Å². The van der Waals surface area contributed by atoms with Crippen LogP contribution in [0.15, 0.2) is 41.4 Å². The molecule has 0 bridgehead atoms. The van der Waals surface area contributed by atoms with E-state index in [0.717, 1.165) is 45.7 Å². The Labute approximate surface area is 164 Å². The molecule has 26 heavy (non-hydrogen) atoms. The monoisotopic (exact) mass is 387 g/mol. The van der Waals surface area contributed by atoms with Crippen LogP contribution in [0.25, 0.3) is 0 Å². The van der Waals surface area contributed by atoms with E-state index < -0.39 is 0 Å². The van der Waals surface area contributed by atoms with Crippen LogP contribution in [0, 0.1) is 5.92 Å². The van der Waals surface area contributed by atoms with Gasteiger partial charge in [-0.15, -0.1) is 0 Å². The van der Waals surface area contributed by atoms with Crippen LogP contribution >= 0.6 is 23.2 Å². The number of fused-ring (bicyclic) bond motifs is 3. The average Bonchev–Trinajstić information content (AvgIpc) is 3.11. The van der Waals surface area contributed by atoms with Gasteiger partial charge in [0.25, 0.3) is 0 Å². The van der Waals surface area contributed by atoms with Gasteiger partial charge < -0.3 is 11.1 Å². The van der Waals surface area contributed by atoms with Crippen molar-refractivity contribution in [1.29, 1.82) is 0 Å². The van der Waals surface area contributed by atoms with Gasteiger partial charge >= 0.3 is 0 Å². The number of nitrogens with zero attached hydrogens (tertiary/aromatic N) is 1. The molecule has 3 N–H and O–H groups in total. The number of nitrogens with one attached hydrogen (secondary N) is 1. The van der Waals surface area contributed by atoms with Gasteiger partial charge in [-0.25, -0.2) is 4.99 Å². The summed E-state index contributed by atoms with van der Waals surface area (Å²) in [5, 5.41) is 5.08. The first-order valence-electron chi connectivity index (χ1n) is 9.18. The summed E-state index contributed by atoms with van der Waals surface area (Å²) in [5.41, 5.74) is 10.7. The second kappa shape index (κ2) is 7.22. The lowest BCUT2D eigenvalue weighted by atomic mass is 9.84. The summed E-state index contributed by atoms with van der Waals surface area (Å²) < 4.78 is 0. The Bertz CT molecular complexity index is 862. The molecule has 2 aliphatic rings. The third kappa shape index (κ3) is 3.36.